The Bertz CT molecular complexity index is 313. The summed E-state index contributed by atoms with van der Waals surface area (Å²) in [6, 6.07) is 0.720. The lowest BCUT2D eigenvalue weighted by Gasteiger charge is -2.10. The van der Waals surface area contributed by atoms with Gasteiger partial charge in [-0.2, -0.15) is 0 Å². The predicted octanol–water partition coefficient (Wildman–Crippen LogP) is 2.96. The van der Waals surface area contributed by atoms with Crippen molar-refractivity contribution in [2.45, 2.75) is 64.5 Å². The summed E-state index contributed by atoms with van der Waals surface area (Å²) in [5, 5.41) is 3.57. The van der Waals surface area contributed by atoms with Crippen molar-refractivity contribution in [1.82, 2.24) is 15.3 Å². The molecule has 90 valence electrons. The summed E-state index contributed by atoms with van der Waals surface area (Å²) in [5.41, 5.74) is 1.27. The molecule has 1 aromatic rings. The largest absolute Gasteiger partial charge is 0.345 e. The van der Waals surface area contributed by atoms with Gasteiger partial charge in [-0.1, -0.05) is 26.7 Å². The molecule has 1 heterocycles. The normalized spacial score (nSPS) is 19.1. The van der Waals surface area contributed by atoms with Crippen molar-refractivity contribution in [3.05, 3.63) is 17.7 Å². The molecule has 1 aromatic heterocycles. The van der Waals surface area contributed by atoms with Gasteiger partial charge in [-0.05, 0) is 25.2 Å². The number of nitrogens with one attached hydrogen (secondary N) is 2. The van der Waals surface area contributed by atoms with Crippen LogP contribution >= 0.6 is 0 Å². The molecule has 16 heavy (non-hydrogen) atoms. The van der Waals surface area contributed by atoms with Gasteiger partial charge >= 0.3 is 0 Å². The molecule has 2 N–H and O–H groups in total. The monoisotopic (exact) mass is 221 g/mol. The molecule has 0 saturated heterocycles. The number of imidazole rings is 1. The summed E-state index contributed by atoms with van der Waals surface area (Å²) in [5.74, 6) is 1.68. The van der Waals surface area contributed by atoms with E-state index in [9.17, 15) is 0 Å². The quantitative estimate of drug-likeness (QED) is 0.802. The number of nitrogens with zero attached hydrogens (tertiary/aromatic N) is 1. The van der Waals surface area contributed by atoms with Crippen LogP contribution in [0.15, 0.2) is 6.20 Å². The zero-order valence-corrected chi connectivity index (χ0v) is 10.4. The molecule has 1 fully saturated rings. The van der Waals surface area contributed by atoms with E-state index in [4.69, 9.17) is 0 Å². The van der Waals surface area contributed by atoms with E-state index in [1.54, 1.807) is 0 Å². The maximum absolute atomic E-state index is 4.43. The Labute approximate surface area is 98.1 Å². The van der Waals surface area contributed by atoms with E-state index in [0.717, 1.165) is 24.8 Å². The Balaban J connectivity index is 1.82. The molecule has 0 radical (unpaired) electrons. The van der Waals surface area contributed by atoms with Gasteiger partial charge in [0.25, 0.3) is 0 Å². The first-order chi connectivity index (χ1) is 7.79. The van der Waals surface area contributed by atoms with Gasteiger partial charge in [0.2, 0.25) is 0 Å². The molecule has 0 spiro atoms. The van der Waals surface area contributed by atoms with E-state index >= 15 is 0 Å². The number of aromatic nitrogens is 2. The number of hydrogen-bond acceptors (Lipinski definition) is 2. The number of H-pyrrole nitrogens is 1. The average molecular weight is 221 g/mol. The molecule has 2 rings (SSSR count). The highest BCUT2D eigenvalue weighted by Gasteiger charge is 2.14. The molecule has 0 aliphatic heterocycles. The first kappa shape index (κ1) is 11.6. The van der Waals surface area contributed by atoms with Crippen LogP contribution < -0.4 is 5.32 Å². The van der Waals surface area contributed by atoms with Crippen LogP contribution in [-0.4, -0.2) is 16.0 Å². The Morgan fingerprint density at radius 3 is 2.94 bits per heavy atom. The third kappa shape index (κ3) is 2.85. The van der Waals surface area contributed by atoms with Gasteiger partial charge in [0, 0.05) is 17.9 Å². The van der Waals surface area contributed by atoms with Crippen LogP contribution in [0.4, 0.5) is 0 Å². The number of aromatic amines is 1. The molecular weight excluding hydrogens is 198 g/mol. The smallest absolute Gasteiger partial charge is 0.120 e. The Morgan fingerprint density at radius 1 is 1.50 bits per heavy atom. The molecule has 1 saturated carbocycles. The van der Waals surface area contributed by atoms with Gasteiger partial charge in [0.1, 0.15) is 5.82 Å². The van der Waals surface area contributed by atoms with Crippen molar-refractivity contribution in [1.29, 1.82) is 0 Å². The zero-order valence-electron chi connectivity index (χ0n) is 10.4. The van der Waals surface area contributed by atoms with E-state index in [0.29, 0.717) is 5.92 Å². The van der Waals surface area contributed by atoms with Crippen LogP contribution in [0.25, 0.3) is 0 Å². The van der Waals surface area contributed by atoms with Crippen molar-refractivity contribution >= 4 is 0 Å². The summed E-state index contributed by atoms with van der Waals surface area (Å²) in [4.78, 5) is 7.84. The van der Waals surface area contributed by atoms with E-state index in [2.05, 4.69) is 29.1 Å². The van der Waals surface area contributed by atoms with Gasteiger partial charge in [-0.15, -0.1) is 0 Å². The molecule has 3 nitrogen and oxygen atoms in total. The van der Waals surface area contributed by atoms with Gasteiger partial charge in [-0.3, -0.25) is 0 Å². The lowest BCUT2D eigenvalue weighted by Crippen LogP contribution is -2.25. The van der Waals surface area contributed by atoms with Crippen molar-refractivity contribution in [3.63, 3.8) is 0 Å². The fourth-order valence-electron chi connectivity index (χ4n) is 2.31. The van der Waals surface area contributed by atoms with Gasteiger partial charge in [0.15, 0.2) is 0 Å². The van der Waals surface area contributed by atoms with E-state index in [1.807, 2.05) is 6.20 Å². The second kappa shape index (κ2) is 5.48. The third-order valence-corrected chi connectivity index (χ3v) is 3.70. The summed E-state index contributed by atoms with van der Waals surface area (Å²) in [6.07, 6.45) is 8.58. The Morgan fingerprint density at radius 2 is 2.25 bits per heavy atom. The highest BCUT2D eigenvalue weighted by molar-refractivity contribution is 5.06. The molecule has 1 aliphatic carbocycles. The van der Waals surface area contributed by atoms with Crippen molar-refractivity contribution in [3.8, 4) is 0 Å². The van der Waals surface area contributed by atoms with Crippen LogP contribution in [0.5, 0.6) is 0 Å². The van der Waals surface area contributed by atoms with Crippen molar-refractivity contribution < 1.29 is 0 Å². The van der Waals surface area contributed by atoms with E-state index in [1.165, 1.54) is 31.4 Å². The molecule has 0 aromatic carbocycles. The van der Waals surface area contributed by atoms with Crippen LogP contribution in [0, 0.1) is 0 Å². The molecule has 1 aliphatic rings. The van der Waals surface area contributed by atoms with E-state index < -0.39 is 0 Å². The summed E-state index contributed by atoms with van der Waals surface area (Å²) in [7, 11) is 0. The maximum Gasteiger partial charge on any atom is 0.120 e. The standard InChI is InChI=1S/C13H23N3/c1-3-10(2)12-8-15-13(16-12)9-14-11-6-4-5-7-11/h8,10-11,14H,3-7,9H2,1-2H3,(H,15,16). The maximum atomic E-state index is 4.43. The molecule has 0 amide bonds. The van der Waals surface area contributed by atoms with Crippen LogP contribution in [-0.2, 0) is 6.54 Å². The first-order valence-electron chi connectivity index (χ1n) is 6.56. The fourth-order valence-corrected chi connectivity index (χ4v) is 2.31. The third-order valence-electron chi connectivity index (χ3n) is 3.70. The average Bonchev–Trinajstić information content (AvgIpc) is 2.96. The SMILES string of the molecule is CCC(C)c1cnc(CNC2CCCC2)[nH]1. The summed E-state index contributed by atoms with van der Waals surface area (Å²) < 4.78 is 0. The second-order valence-corrected chi connectivity index (χ2v) is 4.96. The minimum absolute atomic E-state index is 0.590. The summed E-state index contributed by atoms with van der Waals surface area (Å²) in [6.45, 7) is 5.34. The minimum atomic E-state index is 0.590. The lowest BCUT2D eigenvalue weighted by atomic mass is 10.1. The highest BCUT2D eigenvalue weighted by atomic mass is 15.0. The summed E-state index contributed by atoms with van der Waals surface area (Å²) >= 11 is 0. The topological polar surface area (TPSA) is 40.7 Å². The zero-order chi connectivity index (χ0) is 11.4. The second-order valence-electron chi connectivity index (χ2n) is 4.96. The predicted molar refractivity (Wildman–Crippen MR) is 66.4 cm³/mol. The van der Waals surface area contributed by atoms with Crippen molar-refractivity contribution in [2.24, 2.45) is 0 Å². The minimum Gasteiger partial charge on any atom is -0.345 e. The fraction of sp³-hybridized carbons (Fsp3) is 0.769. The molecule has 1 unspecified atom stereocenters. The highest BCUT2D eigenvalue weighted by Crippen LogP contribution is 2.18. The molecule has 3 heteroatoms. The number of rotatable bonds is 5. The van der Waals surface area contributed by atoms with Crippen LogP contribution in [0.3, 0.4) is 0 Å². The van der Waals surface area contributed by atoms with Crippen molar-refractivity contribution in [2.75, 3.05) is 0 Å². The lowest BCUT2D eigenvalue weighted by molar-refractivity contribution is 0.514. The molecular formula is C13H23N3. The van der Waals surface area contributed by atoms with Gasteiger partial charge < -0.3 is 10.3 Å². The van der Waals surface area contributed by atoms with Gasteiger partial charge in [-0.25, -0.2) is 4.98 Å². The van der Waals surface area contributed by atoms with Crippen LogP contribution in [0.2, 0.25) is 0 Å². The Kier molecular flexibility index (Phi) is 3.99. The number of hydrogen-bond donors (Lipinski definition) is 2. The van der Waals surface area contributed by atoms with Gasteiger partial charge in [0.05, 0.1) is 6.54 Å². The Hall–Kier alpha value is -0.830. The first-order valence-corrected chi connectivity index (χ1v) is 6.56. The van der Waals surface area contributed by atoms with Crippen LogP contribution in [0.1, 0.15) is 63.4 Å². The molecule has 0 bridgehead atoms. The molecule has 1 atom stereocenters. The van der Waals surface area contributed by atoms with E-state index in [-0.39, 0.29) is 0 Å².